The lowest BCUT2D eigenvalue weighted by atomic mass is 10.2. The number of aryl methyl sites for hydroxylation is 1. The third-order valence-corrected chi connectivity index (χ3v) is 3.46. The molecule has 0 saturated carbocycles. The molecule has 0 amide bonds. The Labute approximate surface area is 140 Å². The number of rotatable bonds is 7. The summed E-state index contributed by atoms with van der Waals surface area (Å²) in [6.45, 7) is 3.42. The van der Waals surface area contributed by atoms with Gasteiger partial charge in [-0.3, -0.25) is 0 Å². The van der Waals surface area contributed by atoms with Crippen LogP contribution in [0.1, 0.15) is 18.4 Å². The number of nitrogens with two attached hydrogens (primary N) is 1. The fourth-order valence-corrected chi connectivity index (χ4v) is 2.41. The maximum absolute atomic E-state index is 6.10. The Morgan fingerprint density at radius 1 is 1.18 bits per heavy atom. The van der Waals surface area contributed by atoms with E-state index in [-0.39, 0.29) is 0 Å². The number of unbranched alkanes of at least 4 members (excludes halogenated alkanes) is 1. The molecule has 2 rings (SSSR count). The van der Waals surface area contributed by atoms with Crippen LogP contribution >= 0.6 is 23.2 Å². The predicted molar refractivity (Wildman–Crippen MR) is 93.3 cm³/mol. The Morgan fingerprint density at radius 3 is 2.73 bits per heavy atom. The number of benzene rings is 1. The van der Waals surface area contributed by atoms with Crippen molar-refractivity contribution in [2.24, 2.45) is 5.73 Å². The highest BCUT2D eigenvalue weighted by Gasteiger charge is 2.06. The second-order valence-corrected chi connectivity index (χ2v) is 5.80. The van der Waals surface area contributed by atoms with E-state index < -0.39 is 0 Å². The Bertz CT molecular complexity index is 613. The molecule has 1 aromatic carbocycles. The summed E-state index contributed by atoms with van der Waals surface area (Å²) in [5.41, 5.74) is 7.37. The molecule has 118 valence electrons. The van der Waals surface area contributed by atoms with Crippen molar-refractivity contribution in [2.45, 2.75) is 19.8 Å². The van der Waals surface area contributed by atoms with Crippen molar-refractivity contribution in [1.82, 2.24) is 9.97 Å². The van der Waals surface area contributed by atoms with Gasteiger partial charge in [0, 0.05) is 17.3 Å². The summed E-state index contributed by atoms with van der Waals surface area (Å²) in [6, 6.07) is 5.68. The van der Waals surface area contributed by atoms with Crippen LogP contribution in [-0.2, 0) is 0 Å². The zero-order valence-corrected chi connectivity index (χ0v) is 13.9. The fraction of sp³-hybridized carbons (Fsp3) is 0.333. The van der Waals surface area contributed by atoms with Gasteiger partial charge in [-0.2, -0.15) is 4.98 Å². The van der Waals surface area contributed by atoms with Crippen LogP contribution in [0.2, 0.25) is 10.0 Å². The molecule has 0 unspecified atom stereocenters. The third-order valence-electron chi connectivity index (χ3n) is 2.97. The highest BCUT2D eigenvalue weighted by molar-refractivity contribution is 6.32. The number of hydrogen-bond acceptors (Lipinski definition) is 5. The lowest BCUT2D eigenvalue weighted by Gasteiger charge is -2.10. The van der Waals surface area contributed by atoms with E-state index in [1.807, 2.05) is 25.1 Å². The molecule has 0 aliphatic rings. The van der Waals surface area contributed by atoms with Crippen LogP contribution in [0, 0.1) is 6.92 Å². The molecular formula is C15H19Cl2N5. The largest absolute Gasteiger partial charge is 0.369 e. The summed E-state index contributed by atoms with van der Waals surface area (Å²) in [7, 11) is 0. The van der Waals surface area contributed by atoms with Crippen molar-refractivity contribution < 1.29 is 0 Å². The van der Waals surface area contributed by atoms with Crippen LogP contribution < -0.4 is 16.4 Å². The van der Waals surface area contributed by atoms with E-state index in [9.17, 15) is 0 Å². The molecule has 0 fully saturated rings. The maximum atomic E-state index is 6.10. The van der Waals surface area contributed by atoms with Crippen LogP contribution in [0.25, 0.3) is 0 Å². The van der Waals surface area contributed by atoms with E-state index in [0.29, 0.717) is 28.4 Å². The first-order valence-electron chi connectivity index (χ1n) is 7.09. The molecule has 22 heavy (non-hydrogen) atoms. The summed E-state index contributed by atoms with van der Waals surface area (Å²) in [6.07, 6.45) is 3.50. The predicted octanol–water partition coefficient (Wildman–Crippen LogP) is 3.99. The maximum Gasteiger partial charge on any atom is 0.229 e. The average Bonchev–Trinajstić information content (AvgIpc) is 2.45. The molecule has 4 N–H and O–H groups in total. The Kier molecular flexibility index (Phi) is 6.24. The highest BCUT2D eigenvalue weighted by Crippen LogP contribution is 2.24. The number of aromatic nitrogens is 2. The van der Waals surface area contributed by atoms with Gasteiger partial charge in [0.25, 0.3) is 0 Å². The van der Waals surface area contributed by atoms with E-state index in [1.54, 1.807) is 6.20 Å². The van der Waals surface area contributed by atoms with Crippen LogP contribution in [0.5, 0.6) is 0 Å². The van der Waals surface area contributed by atoms with Crippen LogP contribution in [0.15, 0.2) is 24.4 Å². The topological polar surface area (TPSA) is 75.9 Å². The van der Waals surface area contributed by atoms with Crippen LogP contribution in [0.4, 0.5) is 17.5 Å². The van der Waals surface area contributed by atoms with Crippen molar-refractivity contribution in [3.05, 3.63) is 40.0 Å². The first-order chi connectivity index (χ1) is 10.6. The van der Waals surface area contributed by atoms with Gasteiger partial charge in [-0.15, -0.1) is 0 Å². The molecular weight excluding hydrogens is 321 g/mol. The van der Waals surface area contributed by atoms with Crippen molar-refractivity contribution in [2.75, 3.05) is 23.7 Å². The van der Waals surface area contributed by atoms with Gasteiger partial charge in [0.15, 0.2) is 0 Å². The zero-order chi connectivity index (χ0) is 15.9. The van der Waals surface area contributed by atoms with Gasteiger partial charge in [-0.05, 0) is 50.1 Å². The Balaban J connectivity index is 2.08. The molecule has 0 atom stereocenters. The first kappa shape index (κ1) is 16.8. The van der Waals surface area contributed by atoms with Crippen molar-refractivity contribution >= 4 is 40.7 Å². The lowest BCUT2D eigenvalue weighted by molar-refractivity contribution is 0.772. The summed E-state index contributed by atoms with van der Waals surface area (Å²) in [5, 5.41) is 7.47. The van der Waals surface area contributed by atoms with Gasteiger partial charge in [0.1, 0.15) is 10.8 Å². The third kappa shape index (κ3) is 5.02. The fourth-order valence-electron chi connectivity index (χ4n) is 1.97. The van der Waals surface area contributed by atoms with E-state index in [2.05, 4.69) is 20.6 Å². The number of anilines is 3. The molecule has 0 saturated heterocycles. The summed E-state index contributed by atoms with van der Waals surface area (Å²) >= 11 is 12.1. The average molecular weight is 340 g/mol. The normalized spacial score (nSPS) is 10.5. The Morgan fingerprint density at radius 2 is 2.00 bits per heavy atom. The number of nitrogens with zero attached hydrogens (tertiary/aromatic N) is 2. The second-order valence-electron chi connectivity index (χ2n) is 4.95. The summed E-state index contributed by atoms with van der Waals surface area (Å²) < 4.78 is 0. The van der Waals surface area contributed by atoms with Gasteiger partial charge < -0.3 is 16.4 Å². The van der Waals surface area contributed by atoms with Gasteiger partial charge in [0.05, 0.1) is 6.20 Å². The van der Waals surface area contributed by atoms with Gasteiger partial charge in [0.2, 0.25) is 5.95 Å². The highest BCUT2D eigenvalue weighted by atomic mass is 35.5. The minimum atomic E-state index is 0.465. The monoisotopic (exact) mass is 339 g/mol. The van der Waals surface area contributed by atoms with Crippen LogP contribution in [-0.4, -0.2) is 23.1 Å². The lowest BCUT2D eigenvalue weighted by Crippen LogP contribution is -2.08. The zero-order valence-electron chi connectivity index (χ0n) is 12.4. The molecule has 0 radical (unpaired) electrons. The minimum Gasteiger partial charge on any atom is -0.369 e. The molecule has 2 aromatic rings. The standard InChI is InChI=1S/C15H19Cl2N5/c1-10-6-11(16)8-12(7-10)21-15-20-9-13(17)14(22-15)19-5-3-2-4-18/h6-9H,2-5,18H2,1H3,(H2,19,20,21,22). The molecule has 0 aliphatic heterocycles. The molecule has 7 heteroatoms. The second kappa shape index (κ2) is 8.17. The van der Waals surface area contributed by atoms with E-state index in [4.69, 9.17) is 28.9 Å². The minimum absolute atomic E-state index is 0.465. The molecule has 0 spiro atoms. The number of nitrogens with one attached hydrogen (secondary N) is 2. The molecule has 5 nitrogen and oxygen atoms in total. The van der Waals surface area contributed by atoms with Crippen molar-refractivity contribution in [3.8, 4) is 0 Å². The Hall–Kier alpha value is -1.56. The SMILES string of the molecule is Cc1cc(Cl)cc(Nc2ncc(Cl)c(NCCCCN)n2)c1. The van der Waals surface area contributed by atoms with E-state index in [0.717, 1.165) is 30.6 Å². The quantitative estimate of drug-likeness (QED) is 0.665. The van der Waals surface area contributed by atoms with Gasteiger partial charge in [-0.25, -0.2) is 4.98 Å². The smallest absolute Gasteiger partial charge is 0.229 e. The summed E-state index contributed by atoms with van der Waals surface area (Å²) in [5.74, 6) is 1.07. The molecule has 1 heterocycles. The van der Waals surface area contributed by atoms with Crippen molar-refractivity contribution in [3.63, 3.8) is 0 Å². The molecule has 0 aliphatic carbocycles. The number of halogens is 2. The van der Waals surface area contributed by atoms with E-state index in [1.165, 1.54) is 0 Å². The summed E-state index contributed by atoms with van der Waals surface area (Å²) in [4.78, 5) is 8.57. The van der Waals surface area contributed by atoms with Gasteiger partial charge >= 0.3 is 0 Å². The molecule has 0 bridgehead atoms. The van der Waals surface area contributed by atoms with Crippen molar-refractivity contribution in [1.29, 1.82) is 0 Å². The number of hydrogen-bond donors (Lipinski definition) is 3. The van der Waals surface area contributed by atoms with E-state index >= 15 is 0 Å². The van der Waals surface area contributed by atoms with Crippen LogP contribution in [0.3, 0.4) is 0 Å². The first-order valence-corrected chi connectivity index (χ1v) is 7.85. The van der Waals surface area contributed by atoms with Gasteiger partial charge in [-0.1, -0.05) is 23.2 Å². The molecule has 1 aromatic heterocycles.